The zero-order valence-electron chi connectivity index (χ0n) is 16.9. The minimum absolute atomic E-state index is 0.654. The molecule has 0 spiro atoms. The van der Waals surface area contributed by atoms with Gasteiger partial charge in [-0.1, -0.05) is 90.0 Å². The van der Waals surface area contributed by atoms with Crippen LogP contribution in [0.15, 0.2) is 90.0 Å². The summed E-state index contributed by atoms with van der Waals surface area (Å²) in [5.41, 5.74) is 11.8. The Labute approximate surface area is 177 Å². The second kappa shape index (κ2) is 10.8. The normalized spacial score (nSPS) is 10.8. The Morgan fingerprint density at radius 2 is 1.47 bits per heavy atom. The van der Waals surface area contributed by atoms with Crippen molar-refractivity contribution < 1.29 is 0 Å². The van der Waals surface area contributed by atoms with Gasteiger partial charge in [-0.25, -0.2) is 0 Å². The fraction of sp³-hybridized carbons (Fsp3) is 0.240. The molecule has 0 amide bonds. The highest BCUT2D eigenvalue weighted by Gasteiger charge is 2.33. The molecule has 0 bridgehead atoms. The Morgan fingerprint density at radius 1 is 0.867 bits per heavy atom. The Kier molecular flexibility index (Phi) is 7.63. The molecular formula is C25H25N5. The molecule has 0 radical (unpaired) electrons. The van der Waals surface area contributed by atoms with Gasteiger partial charge in [-0.15, -0.1) is 0 Å². The predicted molar refractivity (Wildman–Crippen MR) is 120 cm³/mol. The highest BCUT2D eigenvalue weighted by atomic mass is 15.1. The van der Waals surface area contributed by atoms with Gasteiger partial charge >= 0.3 is 0 Å². The third kappa shape index (κ3) is 5.07. The first kappa shape index (κ1) is 21.1. The summed E-state index contributed by atoms with van der Waals surface area (Å²) in [5.74, 6) is 0. The molecule has 5 heteroatoms. The molecule has 150 valence electrons. The molecule has 0 saturated heterocycles. The van der Waals surface area contributed by atoms with Crippen LogP contribution in [0.3, 0.4) is 0 Å². The first-order valence-corrected chi connectivity index (χ1v) is 10.2. The Balaban J connectivity index is 1.61. The minimum atomic E-state index is -0.654. The molecule has 0 aromatic heterocycles. The smallest absolute Gasteiger partial charge is 0.107 e. The van der Waals surface area contributed by atoms with E-state index in [-0.39, 0.29) is 0 Å². The second-order valence-corrected chi connectivity index (χ2v) is 7.17. The van der Waals surface area contributed by atoms with Crippen LogP contribution in [0.25, 0.3) is 10.4 Å². The van der Waals surface area contributed by atoms with Crippen LogP contribution >= 0.6 is 0 Å². The van der Waals surface area contributed by atoms with Crippen molar-refractivity contribution in [1.82, 2.24) is 5.32 Å². The van der Waals surface area contributed by atoms with Gasteiger partial charge in [0.1, 0.15) is 5.41 Å². The lowest BCUT2D eigenvalue weighted by Gasteiger charge is -2.28. The SMILES string of the molecule is N#CC(CCCNCCc1ccccc1N=[N+]=[N-])(c1ccccc1)c1ccccc1. The summed E-state index contributed by atoms with van der Waals surface area (Å²) in [4.78, 5) is 2.89. The Bertz CT molecular complexity index is 979. The van der Waals surface area contributed by atoms with Crippen molar-refractivity contribution in [1.29, 1.82) is 5.26 Å². The molecule has 0 aliphatic rings. The molecule has 0 atom stereocenters. The van der Waals surface area contributed by atoms with E-state index in [1.165, 1.54) is 0 Å². The van der Waals surface area contributed by atoms with E-state index < -0.39 is 5.41 Å². The topological polar surface area (TPSA) is 84.6 Å². The van der Waals surface area contributed by atoms with Gasteiger partial charge in [0.05, 0.1) is 6.07 Å². The zero-order chi connectivity index (χ0) is 21.1. The summed E-state index contributed by atoms with van der Waals surface area (Å²) >= 11 is 0. The average Bonchev–Trinajstić information content (AvgIpc) is 2.81. The van der Waals surface area contributed by atoms with Crippen molar-refractivity contribution in [2.45, 2.75) is 24.7 Å². The van der Waals surface area contributed by atoms with E-state index in [1.54, 1.807) is 0 Å². The first-order chi connectivity index (χ1) is 14.8. The summed E-state index contributed by atoms with van der Waals surface area (Å²) in [6.45, 7) is 1.60. The molecule has 0 saturated carbocycles. The number of nitriles is 1. The van der Waals surface area contributed by atoms with Gasteiger partial charge in [0, 0.05) is 10.6 Å². The number of azide groups is 1. The highest BCUT2D eigenvalue weighted by molar-refractivity contribution is 5.46. The van der Waals surface area contributed by atoms with E-state index in [0.29, 0.717) is 5.69 Å². The van der Waals surface area contributed by atoms with Crippen LogP contribution in [0.5, 0.6) is 0 Å². The van der Waals surface area contributed by atoms with Crippen LogP contribution in [-0.4, -0.2) is 13.1 Å². The van der Waals surface area contributed by atoms with Gasteiger partial charge < -0.3 is 5.32 Å². The van der Waals surface area contributed by atoms with E-state index in [0.717, 1.165) is 49.0 Å². The fourth-order valence-corrected chi connectivity index (χ4v) is 3.78. The van der Waals surface area contributed by atoms with Crippen LogP contribution in [0.1, 0.15) is 29.5 Å². The lowest BCUT2D eigenvalue weighted by molar-refractivity contribution is 0.533. The van der Waals surface area contributed by atoms with Gasteiger partial charge in [-0.2, -0.15) is 5.26 Å². The molecule has 3 aromatic carbocycles. The quantitative estimate of drug-likeness (QED) is 0.196. The number of benzene rings is 3. The molecule has 0 unspecified atom stereocenters. The highest BCUT2D eigenvalue weighted by Crippen LogP contribution is 2.36. The Morgan fingerprint density at radius 3 is 2.07 bits per heavy atom. The minimum Gasteiger partial charge on any atom is -0.316 e. The molecule has 1 N–H and O–H groups in total. The van der Waals surface area contributed by atoms with Crippen molar-refractivity contribution in [2.75, 3.05) is 13.1 Å². The Hall–Kier alpha value is -3.58. The molecule has 30 heavy (non-hydrogen) atoms. The van der Waals surface area contributed by atoms with E-state index in [4.69, 9.17) is 5.53 Å². The number of rotatable bonds is 10. The molecule has 0 aliphatic heterocycles. The van der Waals surface area contributed by atoms with Crippen LogP contribution in [0.4, 0.5) is 5.69 Å². The maximum Gasteiger partial charge on any atom is 0.107 e. The number of nitrogens with zero attached hydrogens (tertiary/aromatic N) is 4. The summed E-state index contributed by atoms with van der Waals surface area (Å²) in [6.07, 6.45) is 2.39. The molecule has 0 fully saturated rings. The zero-order valence-corrected chi connectivity index (χ0v) is 16.9. The van der Waals surface area contributed by atoms with E-state index in [9.17, 15) is 5.26 Å². The molecule has 0 heterocycles. The maximum absolute atomic E-state index is 10.2. The predicted octanol–water partition coefficient (Wildman–Crippen LogP) is 6.05. The van der Waals surface area contributed by atoms with E-state index >= 15 is 0 Å². The largest absolute Gasteiger partial charge is 0.316 e. The molecule has 3 rings (SSSR count). The third-order valence-corrected chi connectivity index (χ3v) is 5.34. The lowest BCUT2D eigenvalue weighted by atomic mass is 9.72. The lowest BCUT2D eigenvalue weighted by Crippen LogP contribution is -2.28. The molecule has 0 aliphatic carbocycles. The van der Waals surface area contributed by atoms with Gasteiger partial charge in [-0.05, 0) is 54.6 Å². The van der Waals surface area contributed by atoms with Gasteiger partial charge in [-0.3, -0.25) is 0 Å². The number of hydrogen-bond donors (Lipinski definition) is 1. The summed E-state index contributed by atoms with van der Waals surface area (Å²) in [6, 6.07) is 30.3. The van der Waals surface area contributed by atoms with Crippen molar-refractivity contribution in [3.05, 3.63) is 112 Å². The maximum atomic E-state index is 10.2. The molecule has 3 aromatic rings. The van der Waals surface area contributed by atoms with Crippen LogP contribution in [0.2, 0.25) is 0 Å². The molecule has 5 nitrogen and oxygen atoms in total. The van der Waals surface area contributed by atoms with Crippen molar-refractivity contribution in [2.24, 2.45) is 5.11 Å². The first-order valence-electron chi connectivity index (χ1n) is 10.2. The van der Waals surface area contributed by atoms with E-state index in [1.807, 2.05) is 84.9 Å². The van der Waals surface area contributed by atoms with Crippen molar-refractivity contribution >= 4 is 5.69 Å². The summed E-state index contributed by atoms with van der Waals surface area (Å²) < 4.78 is 0. The second-order valence-electron chi connectivity index (χ2n) is 7.17. The fourth-order valence-electron chi connectivity index (χ4n) is 3.78. The van der Waals surface area contributed by atoms with Gasteiger partial charge in [0.25, 0.3) is 0 Å². The van der Waals surface area contributed by atoms with Crippen LogP contribution < -0.4 is 5.32 Å². The van der Waals surface area contributed by atoms with Crippen molar-refractivity contribution in [3.8, 4) is 6.07 Å². The summed E-state index contributed by atoms with van der Waals surface area (Å²) in [5, 5.41) is 17.4. The summed E-state index contributed by atoms with van der Waals surface area (Å²) in [7, 11) is 0. The monoisotopic (exact) mass is 395 g/mol. The standard InChI is InChI=1S/C25H25N5/c26-20-25(22-11-3-1-4-12-22,23-13-5-2-6-14-23)17-9-18-28-19-16-21-10-7-8-15-24(21)29-30-27/h1-8,10-15,28H,9,16-19H2. The van der Waals surface area contributed by atoms with Gasteiger partial charge in [0.2, 0.25) is 0 Å². The van der Waals surface area contributed by atoms with E-state index in [2.05, 4.69) is 21.4 Å². The third-order valence-electron chi connectivity index (χ3n) is 5.34. The van der Waals surface area contributed by atoms with Gasteiger partial charge in [0.15, 0.2) is 0 Å². The van der Waals surface area contributed by atoms with Crippen molar-refractivity contribution in [3.63, 3.8) is 0 Å². The number of hydrogen-bond acceptors (Lipinski definition) is 3. The van der Waals surface area contributed by atoms with Crippen LogP contribution in [0, 0.1) is 11.3 Å². The average molecular weight is 396 g/mol. The van der Waals surface area contributed by atoms with Crippen LogP contribution in [-0.2, 0) is 11.8 Å². The number of nitrogens with one attached hydrogen (secondary N) is 1. The molecular weight excluding hydrogens is 370 g/mol.